The number of para-hydroxylation sites is 1. The number of anilines is 1. The van der Waals surface area contributed by atoms with Crippen molar-refractivity contribution < 1.29 is 4.79 Å². The van der Waals surface area contributed by atoms with Gasteiger partial charge < -0.3 is 5.32 Å². The van der Waals surface area contributed by atoms with Crippen molar-refractivity contribution in [3.63, 3.8) is 0 Å². The van der Waals surface area contributed by atoms with E-state index in [1.54, 1.807) is 54.0 Å². The molecule has 4 aromatic rings. The summed E-state index contributed by atoms with van der Waals surface area (Å²) in [6, 6.07) is 19.4. The Morgan fingerprint density at radius 3 is 2.45 bits per heavy atom. The third-order valence-corrected chi connectivity index (χ3v) is 5.01. The van der Waals surface area contributed by atoms with Gasteiger partial charge in [0.25, 0.3) is 11.5 Å². The van der Waals surface area contributed by atoms with Crippen LogP contribution < -0.4 is 10.9 Å². The van der Waals surface area contributed by atoms with Gasteiger partial charge in [0.2, 0.25) is 0 Å². The van der Waals surface area contributed by atoms with E-state index in [0.29, 0.717) is 33.0 Å². The highest BCUT2D eigenvalue weighted by atomic mass is 35.5. The van der Waals surface area contributed by atoms with Crippen molar-refractivity contribution in [3.8, 4) is 5.69 Å². The molecule has 0 aliphatic rings. The molecule has 1 heterocycles. The number of amides is 1. The van der Waals surface area contributed by atoms with Crippen LogP contribution in [0.15, 0.2) is 71.5 Å². The Morgan fingerprint density at radius 1 is 1.00 bits per heavy atom. The summed E-state index contributed by atoms with van der Waals surface area (Å²) < 4.78 is 1.61. The summed E-state index contributed by atoms with van der Waals surface area (Å²) in [5.41, 5.74) is 3.25. The van der Waals surface area contributed by atoms with E-state index in [1.807, 2.05) is 31.2 Å². The molecule has 0 aliphatic heterocycles. The first kappa shape index (κ1) is 18.9. The molecule has 0 fully saturated rings. The highest BCUT2D eigenvalue weighted by Crippen LogP contribution is 2.19. The minimum atomic E-state index is -0.258. The summed E-state index contributed by atoms with van der Waals surface area (Å²) in [4.78, 5) is 30.1. The third kappa shape index (κ3) is 3.65. The van der Waals surface area contributed by atoms with Crippen LogP contribution in [0, 0.1) is 13.8 Å². The molecule has 0 aliphatic carbocycles. The fourth-order valence-corrected chi connectivity index (χ4v) is 3.40. The van der Waals surface area contributed by atoms with E-state index in [2.05, 4.69) is 10.3 Å². The average Bonchev–Trinajstić information content (AvgIpc) is 2.69. The lowest BCUT2D eigenvalue weighted by molar-refractivity contribution is 0.102. The molecule has 0 atom stereocenters. The number of halogens is 1. The van der Waals surface area contributed by atoms with Gasteiger partial charge in [-0.25, -0.2) is 4.98 Å². The fraction of sp³-hybridized carbons (Fsp3) is 0.0870. The zero-order chi connectivity index (χ0) is 20.5. The molecular weight excluding hydrogens is 386 g/mol. The van der Waals surface area contributed by atoms with E-state index < -0.39 is 0 Å². The van der Waals surface area contributed by atoms with Gasteiger partial charge in [-0.2, -0.15) is 0 Å². The topological polar surface area (TPSA) is 64.0 Å². The molecule has 0 saturated carbocycles. The van der Waals surface area contributed by atoms with Gasteiger partial charge in [0.1, 0.15) is 5.82 Å². The van der Waals surface area contributed by atoms with E-state index in [0.717, 1.165) is 11.3 Å². The number of hydrogen-bond donors (Lipinski definition) is 1. The largest absolute Gasteiger partial charge is 0.322 e. The van der Waals surface area contributed by atoms with E-state index in [9.17, 15) is 9.59 Å². The van der Waals surface area contributed by atoms with Crippen molar-refractivity contribution in [2.24, 2.45) is 0 Å². The van der Waals surface area contributed by atoms with Crippen molar-refractivity contribution in [1.82, 2.24) is 9.55 Å². The highest BCUT2D eigenvalue weighted by molar-refractivity contribution is 6.30. The number of aryl methyl sites for hydroxylation is 2. The van der Waals surface area contributed by atoms with Crippen LogP contribution >= 0.6 is 11.6 Å². The van der Waals surface area contributed by atoms with Gasteiger partial charge in [0, 0.05) is 16.3 Å². The molecule has 144 valence electrons. The number of fused-ring (bicyclic) bond motifs is 1. The van der Waals surface area contributed by atoms with Crippen molar-refractivity contribution >= 4 is 34.1 Å². The molecule has 0 saturated heterocycles. The third-order valence-electron chi connectivity index (χ3n) is 4.76. The summed E-state index contributed by atoms with van der Waals surface area (Å²) in [5, 5.41) is 3.89. The Bertz CT molecular complexity index is 1290. The van der Waals surface area contributed by atoms with Gasteiger partial charge in [0.05, 0.1) is 16.6 Å². The number of rotatable bonds is 3. The van der Waals surface area contributed by atoms with Gasteiger partial charge in [-0.15, -0.1) is 0 Å². The quantitative estimate of drug-likeness (QED) is 0.528. The number of carbonyl (C=O) groups is 1. The van der Waals surface area contributed by atoms with Crippen molar-refractivity contribution in [2.75, 3.05) is 5.32 Å². The van der Waals surface area contributed by atoms with Crippen LogP contribution in [0.3, 0.4) is 0 Å². The first-order chi connectivity index (χ1) is 13.9. The Kier molecular flexibility index (Phi) is 4.91. The molecule has 1 N–H and O–H groups in total. The zero-order valence-electron chi connectivity index (χ0n) is 15.9. The summed E-state index contributed by atoms with van der Waals surface area (Å²) in [6.07, 6.45) is 0. The maximum Gasteiger partial charge on any atom is 0.265 e. The highest BCUT2D eigenvalue weighted by Gasteiger charge is 2.13. The van der Waals surface area contributed by atoms with E-state index in [-0.39, 0.29) is 11.5 Å². The van der Waals surface area contributed by atoms with Crippen LogP contribution in [-0.2, 0) is 0 Å². The van der Waals surface area contributed by atoms with Crippen molar-refractivity contribution in [2.45, 2.75) is 13.8 Å². The second kappa shape index (κ2) is 7.53. The molecule has 0 unspecified atom stereocenters. The molecule has 1 aromatic heterocycles. The van der Waals surface area contributed by atoms with Crippen molar-refractivity contribution in [1.29, 1.82) is 0 Å². The molecule has 5 nitrogen and oxygen atoms in total. The lowest BCUT2D eigenvalue weighted by Gasteiger charge is -2.13. The molecule has 29 heavy (non-hydrogen) atoms. The van der Waals surface area contributed by atoms with Crippen LogP contribution in [0.2, 0.25) is 5.02 Å². The van der Waals surface area contributed by atoms with Crippen LogP contribution in [0.1, 0.15) is 21.7 Å². The lowest BCUT2D eigenvalue weighted by Crippen LogP contribution is -2.23. The Balaban J connectivity index is 1.73. The van der Waals surface area contributed by atoms with Crippen LogP contribution in [-0.4, -0.2) is 15.5 Å². The Morgan fingerprint density at radius 2 is 1.72 bits per heavy atom. The fourth-order valence-electron chi connectivity index (χ4n) is 3.28. The lowest BCUT2D eigenvalue weighted by atomic mass is 10.1. The number of nitrogens with one attached hydrogen (secondary N) is 1. The molecule has 6 heteroatoms. The first-order valence-electron chi connectivity index (χ1n) is 9.10. The smallest absolute Gasteiger partial charge is 0.265 e. The zero-order valence-corrected chi connectivity index (χ0v) is 16.7. The number of nitrogens with zero attached hydrogens (tertiary/aromatic N) is 2. The predicted molar refractivity (Wildman–Crippen MR) is 116 cm³/mol. The molecule has 0 spiro atoms. The molecule has 0 radical (unpaired) electrons. The summed E-state index contributed by atoms with van der Waals surface area (Å²) in [6.45, 7) is 3.76. The van der Waals surface area contributed by atoms with Crippen LogP contribution in [0.25, 0.3) is 16.6 Å². The summed E-state index contributed by atoms with van der Waals surface area (Å²) >= 11 is 5.87. The van der Waals surface area contributed by atoms with Gasteiger partial charge in [-0.05, 0) is 67.9 Å². The van der Waals surface area contributed by atoms with E-state index in [1.165, 1.54) is 0 Å². The second-order valence-corrected chi connectivity index (χ2v) is 7.22. The Labute approximate surface area is 172 Å². The van der Waals surface area contributed by atoms with E-state index in [4.69, 9.17) is 11.6 Å². The molecular formula is C23H18ClN3O2. The number of carbonyl (C=O) groups excluding carboxylic acids is 1. The van der Waals surface area contributed by atoms with Gasteiger partial charge in [-0.1, -0.05) is 29.8 Å². The predicted octanol–water partition coefficient (Wildman–Crippen LogP) is 4.91. The standard InChI is InChI=1S/C23H18ClN3O2/c1-14-5-3-4-6-21(14)27-15(2)25-20-13-18(11-12-19(20)23(27)29)26-22(28)16-7-9-17(24)10-8-16/h3-13H,1-2H3,(H,26,28). The minimum absolute atomic E-state index is 0.141. The molecule has 4 rings (SSSR count). The number of benzene rings is 3. The van der Waals surface area contributed by atoms with Crippen LogP contribution in [0.5, 0.6) is 0 Å². The summed E-state index contributed by atoms with van der Waals surface area (Å²) in [7, 11) is 0. The Hall–Kier alpha value is -3.44. The normalized spacial score (nSPS) is 10.9. The molecule has 0 bridgehead atoms. The second-order valence-electron chi connectivity index (χ2n) is 6.78. The van der Waals surface area contributed by atoms with E-state index >= 15 is 0 Å². The minimum Gasteiger partial charge on any atom is -0.322 e. The molecule has 3 aromatic carbocycles. The SMILES string of the molecule is Cc1ccccc1-n1c(C)nc2cc(NC(=O)c3ccc(Cl)cc3)ccc2c1=O. The maximum absolute atomic E-state index is 13.1. The summed E-state index contributed by atoms with van der Waals surface area (Å²) in [5.74, 6) is 0.323. The number of aromatic nitrogens is 2. The maximum atomic E-state index is 13.1. The van der Waals surface area contributed by atoms with Gasteiger partial charge >= 0.3 is 0 Å². The van der Waals surface area contributed by atoms with Gasteiger partial charge in [-0.3, -0.25) is 14.2 Å². The monoisotopic (exact) mass is 403 g/mol. The first-order valence-corrected chi connectivity index (χ1v) is 9.48. The van der Waals surface area contributed by atoms with Crippen molar-refractivity contribution in [3.05, 3.63) is 99.1 Å². The number of hydrogen-bond acceptors (Lipinski definition) is 3. The van der Waals surface area contributed by atoms with Gasteiger partial charge in [0.15, 0.2) is 0 Å². The molecule has 1 amide bonds. The van der Waals surface area contributed by atoms with Crippen LogP contribution in [0.4, 0.5) is 5.69 Å². The average molecular weight is 404 g/mol.